The van der Waals surface area contributed by atoms with Gasteiger partial charge in [0.2, 0.25) is 5.91 Å². The molecule has 0 saturated carbocycles. The SMILES string of the molecule is CC(=O)N(CCCNCCCCNCCCN)c1c[nH]c2ccccc12. The van der Waals surface area contributed by atoms with Crippen LogP contribution in [0.25, 0.3) is 10.9 Å². The molecule has 0 aliphatic heterocycles. The van der Waals surface area contributed by atoms with Gasteiger partial charge in [-0.15, -0.1) is 0 Å². The second kappa shape index (κ2) is 11.7. The number of benzene rings is 1. The third-order valence-electron chi connectivity index (χ3n) is 4.49. The van der Waals surface area contributed by atoms with Gasteiger partial charge >= 0.3 is 0 Å². The number of carbonyl (C=O) groups is 1. The van der Waals surface area contributed by atoms with Gasteiger partial charge in [0, 0.05) is 30.6 Å². The third-order valence-corrected chi connectivity index (χ3v) is 4.49. The zero-order chi connectivity index (χ0) is 18.6. The fourth-order valence-electron chi connectivity index (χ4n) is 3.07. The summed E-state index contributed by atoms with van der Waals surface area (Å²) in [6.07, 6.45) is 6.24. The Labute approximate surface area is 156 Å². The van der Waals surface area contributed by atoms with Crippen LogP contribution in [0.3, 0.4) is 0 Å². The summed E-state index contributed by atoms with van der Waals surface area (Å²) in [4.78, 5) is 17.2. The van der Waals surface area contributed by atoms with Gasteiger partial charge in [0.05, 0.1) is 5.69 Å². The van der Waals surface area contributed by atoms with Crippen molar-refractivity contribution in [2.75, 3.05) is 44.2 Å². The molecule has 0 bridgehead atoms. The molecule has 0 saturated heterocycles. The summed E-state index contributed by atoms with van der Waals surface area (Å²) in [6, 6.07) is 8.09. The van der Waals surface area contributed by atoms with Gasteiger partial charge in [0.15, 0.2) is 0 Å². The topological polar surface area (TPSA) is 86.2 Å². The van der Waals surface area contributed by atoms with Crippen molar-refractivity contribution in [3.8, 4) is 0 Å². The van der Waals surface area contributed by atoms with Gasteiger partial charge < -0.3 is 26.3 Å². The lowest BCUT2D eigenvalue weighted by molar-refractivity contribution is -0.116. The summed E-state index contributed by atoms with van der Waals surface area (Å²) in [5.74, 6) is 0.0818. The molecular formula is C20H33N5O. The molecule has 1 heterocycles. The van der Waals surface area contributed by atoms with Crippen LogP contribution in [-0.4, -0.2) is 50.2 Å². The number of hydrogen-bond acceptors (Lipinski definition) is 4. The average molecular weight is 360 g/mol. The molecule has 144 valence electrons. The molecule has 2 rings (SSSR count). The summed E-state index contributed by atoms with van der Waals surface area (Å²) >= 11 is 0. The Morgan fingerprint density at radius 3 is 2.38 bits per heavy atom. The highest BCUT2D eigenvalue weighted by molar-refractivity contribution is 6.02. The van der Waals surface area contributed by atoms with Crippen LogP contribution in [0.1, 0.15) is 32.6 Å². The van der Waals surface area contributed by atoms with Gasteiger partial charge in [-0.05, 0) is 64.5 Å². The van der Waals surface area contributed by atoms with Gasteiger partial charge in [-0.1, -0.05) is 18.2 Å². The van der Waals surface area contributed by atoms with Crippen molar-refractivity contribution >= 4 is 22.5 Å². The number of fused-ring (bicyclic) bond motifs is 1. The molecule has 0 unspecified atom stereocenters. The number of unbranched alkanes of at least 4 members (excludes halogenated alkanes) is 1. The molecule has 5 N–H and O–H groups in total. The van der Waals surface area contributed by atoms with Crippen LogP contribution >= 0.6 is 0 Å². The number of hydrogen-bond donors (Lipinski definition) is 4. The van der Waals surface area contributed by atoms with E-state index < -0.39 is 0 Å². The van der Waals surface area contributed by atoms with Crippen molar-refractivity contribution in [1.82, 2.24) is 15.6 Å². The standard InChI is InChI=1S/C20H33N5O/c1-17(26)25(20-16-24-19-9-3-2-8-18(19)20)15-7-14-23-12-5-4-11-22-13-6-10-21/h2-3,8-9,16,22-24H,4-7,10-15,21H2,1H3. The molecule has 0 atom stereocenters. The Hall–Kier alpha value is -1.89. The van der Waals surface area contributed by atoms with Crippen LogP contribution in [0.4, 0.5) is 5.69 Å². The van der Waals surface area contributed by atoms with Crippen LogP contribution in [0.2, 0.25) is 0 Å². The molecule has 26 heavy (non-hydrogen) atoms. The second-order valence-electron chi connectivity index (χ2n) is 6.59. The molecule has 0 aliphatic rings. The monoisotopic (exact) mass is 359 g/mol. The summed E-state index contributed by atoms with van der Waals surface area (Å²) in [7, 11) is 0. The predicted octanol–water partition coefficient (Wildman–Crippen LogP) is 2.22. The fourth-order valence-corrected chi connectivity index (χ4v) is 3.07. The Kier molecular flexibility index (Phi) is 9.17. The Bertz CT molecular complexity index is 654. The smallest absolute Gasteiger partial charge is 0.223 e. The number of aromatic nitrogens is 1. The van der Waals surface area contributed by atoms with Crippen molar-refractivity contribution in [3.05, 3.63) is 30.5 Å². The van der Waals surface area contributed by atoms with Gasteiger partial charge in [-0.3, -0.25) is 4.79 Å². The molecule has 0 aliphatic carbocycles. The number of H-pyrrole nitrogens is 1. The third kappa shape index (κ3) is 6.44. The fraction of sp³-hybridized carbons (Fsp3) is 0.550. The van der Waals surface area contributed by atoms with E-state index in [4.69, 9.17) is 5.73 Å². The summed E-state index contributed by atoms with van der Waals surface area (Å²) in [6.45, 7) is 7.12. The van der Waals surface area contributed by atoms with Gasteiger partial charge in [-0.25, -0.2) is 0 Å². The quantitative estimate of drug-likeness (QED) is 0.413. The zero-order valence-corrected chi connectivity index (χ0v) is 15.9. The van der Waals surface area contributed by atoms with Gasteiger partial charge in [0.1, 0.15) is 0 Å². The van der Waals surface area contributed by atoms with E-state index >= 15 is 0 Å². The van der Waals surface area contributed by atoms with E-state index in [0.29, 0.717) is 0 Å². The number of anilines is 1. The van der Waals surface area contributed by atoms with Crippen LogP contribution < -0.4 is 21.3 Å². The van der Waals surface area contributed by atoms with E-state index in [9.17, 15) is 4.79 Å². The molecule has 0 radical (unpaired) electrons. The minimum Gasteiger partial charge on any atom is -0.359 e. The Balaban J connectivity index is 1.65. The lowest BCUT2D eigenvalue weighted by Gasteiger charge is -2.20. The molecular weight excluding hydrogens is 326 g/mol. The van der Waals surface area contributed by atoms with E-state index in [1.54, 1.807) is 6.92 Å². The van der Waals surface area contributed by atoms with Crippen molar-refractivity contribution in [3.63, 3.8) is 0 Å². The van der Waals surface area contributed by atoms with E-state index in [1.165, 1.54) is 6.42 Å². The van der Waals surface area contributed by atoms with Crippen LogP contribution in [0, 0.1) is 0 Å². The maximum absolute atomic E-state index is 12.1. The Morgan fingerprint density at radius 2 is 1.69 bits per heavy atom. The number of nitrogens with zero attached hydrogens (tertiary/aromatic N) is 1. The molecule has 6 heteroatoms. The Morgan fingerprint density at radius 1 is 1.04 bits per heavy atom. The number of rotatable bonds is 13. The van der Waals surface area contributed by atoms with Crippen LogP contribution in [-0.2, 0) is 4.79 Å². The van der Waals surface area contributed by atoms with E-state index in [2.05, 4.69) is 21.7 Å². The lowest BCUT2D eigenvalue weighted by atomic mass is 10.2. The first-order valence-corrected chi connectivity index (χ1v) is 9.69. The predicted molar refractivity (Wildman–Crippen MR) is 110 cm³/mol. The lowest BCUT2D eigenvalue weighted by Crippen LogP contribution is -2.31. The highest BCUT2D eigenvalue weighted by atomic mass is 16.2. The van der Waals surface area contributed by atoms with Crippen LogP contribution in [0.5, 0.6) is 0 Å². The average Bonchev–Trinajstić information content (AvgIpc) is 3.06. The van der Waals surface area contributed by atoms with Crippen molar-refractivity contribution in [2.45, 2.75) is 32.6 Å². The normalized spacial score (nSPS) is 11.2. The van der Waals surface area contributed by atoms with Crippen molar-refractivity contribution in [1.29, 1.82) is 0 Å². The van der Waals surface area contributed by atoms with Crippen molar-refractivity contribution < 1.29 is 4.79 Å². The molecule has 0 fully saturated rings. The van der Waals surface area contributed by atoms with E-state index in [0.717, 1.165) is 75.1 Å². The zero-order valence-electron chi connectivity index (χ0n) is 15.9. The number of amides is 1. The summed E-state index contributed by atoms with van der Waals surface area (Å²) in [5.41, 5.74) is 7.49. The van der Waals surface area contributed by atoms with Crippen molar-refractivity contribution in [2.24, 2.45) is 5.73 Å². The van der Waals surface area contributed by atoms with E-state index in [1.807, 2.05) is 29.3 Å². The first-order chi connectivity index (χ1) is 12.7. The minimum atomic E-state index is 0.0818. The molecule has 6 nitrogen and oxygen atoms in total. The summed E-state index contributed by atoms with van der Waals surface area (Å²) in [5, 5.41) is 7.96. The van der Waals surface area contributed by atoms with Crippen LogP contribution in [0.15, 0.2) is 30.5 Å². The van der Waals surface area contributed by atoms with E-state index in [-0.39, 0.29) is 5.91 Å². The molecule has 0 spiro atoms. The second-order valence-corrected chi connectivity index (χ2v) is 6.59. The van der Waals surface area contributed by atoms with Gasteiger partial charge in [-0.2, -0.15) is 0 Å². The minimum absolute atomic E-state index is 0.0818. The molecule has 1 amide bonds. The number of para-hydroxylation sites is 1. The highest BCUT2D eigenvalue weighted by Gasteiger charge is 2.15. The maximum atomic E-state index is 12.1. The number of nitrogens with two attached hydrogens (primary N) is 1. The molecule has 2 aromatic rings. The summed E-state index contributed by atoms with van der Waals surface area (Å²) < 4.78 is 0. The molecule has 1 aromatic carbocycles. The van der Waals surface area contributed by atoms with Gasteiger partial charge in [0.25, 0.3) is 0 Å². The first-order valence-electron chi connectivity index (χ1n) is 9.69. The number of aromatic amines is 1. The molecule has 1 aromatic heterocycles. The highest BCUT2D eigenvalue weighted by Crippen LogP contribution is 2.26. The number of nitrogens with one attached hydrogen (secondary N) is 3. The first kappa shape index (κ1) is 20.4. The number of carbonyl (C=O) groups excluding carboxylic acids is 1. The maximum Gasteiger partial charge on any atom is 0.223 e. The largest absolute Gasteiger partial charge is 0.359 e.